The van der Waals surface area contributed by atoms with Gasteiger partial charge in [0, 0.05) is 30.9 Å². The minimum Gasteiger partial charge on any atom is -0.496 e. The van der Waals surface area contributed by atoms with Crippen LogP contribution < -0.4 is 10.1 Å². The molecule has 8 nitrogen and oxygen atoms in total. The number of ether oxygens (including phenoxy) is 1. The van der Waals surface area contributed by atoms with Gasteiger partial charge in [0.2, 0.25) is 0 Å². The summed E-state index contributed by atoms with van der Waals surface area (Å²) in [4.78, 5) is 24.7. The second-order valence-electron chi connectivity index (χ2n) is 9.03. The van der Waals surface area contributed by atoms with Crippen molar-refractivity contribution in [2.75, 3.05) is 20.2 Å². The van der Waals surface area contributed by atoms with Crippen LogP contribution in [0.1, 0.15) is 34.5 Å². The second kappa shape index (κ2) is 10.7. The van der Waals surface area contributed by atoms with E-state index in [1.807, 2.05) is 43.3 Å². The largest absolute Gasteiger partial charge is 0.496 e. The Labute approximate surface area is 211 Å². The summed E-state index contributed by atoms with van der Waals surface area (Å²) in [6, 6.07) is 20.1. The number of amides is 1. The third-order valence-corrected chi connectivity index (χ3v) is 6.56. The van der Waals surface area contributed by atoms with Gasteiger partial charge in [-0.2, -0.15) is 5.10 Å². The van der Waals surface area contributed by atoms with Gasteiger partial charge < -0.3 is 10.1 Å². The highest BCUT2D eigenvalue weighted by Crippen LogP contribution is 2.28. The quantitative estimate of drug-likeness (QED) is 0.428. The van der Waals surface area contributed by atoms with Crippen LogP contribution in [0.4, 0.5) is 0 Å². The standard InChI is InChI=1S/C28H30N6O2/c1-20-24(27(35)31-22-11-8-16-33(19-22)18-21-9-4-3-5-10-21)17-30-34(20)28-29-15-14-25(32-28)23-12-6-7-13-26(23)36-2/h3-7,9-10,12-15,17,22H,8,11,16,18-19H2,1-2H3,(H,31,35). The molecule has 8 heteroatoms. The number of carbonyl (C=O) groups is 1. The molecule has 0 radical (unpaired) electrons. The molecule has 1 aliphatic rings. The second-order valence-corrected chi connectivity index (χ2v) is 9.03. The van der Waals surface area contributed by atoms with Crippen molar-refractivity contribution < 1.29 is 9.53 Å². The number of benzene rings is 2. The maximum absolute atomic E-state index is 13.2. The van der Waals surface area contributed by atoms with E-state index < -0.39 is 0 Å². The Morgan fingerprint density at radius 3 is 2.75 bits per heavy atom. The van der Waals surface area contributed by atoms with Gasteiger partial charge in [-0.1, -0.05) is 42.5 Å². The lowest BCUT2D eigenvalue weighted by Crippen LogP contribution is -2.47. The smallest absolute Gasteiger partial charge is 0.255 e. The molecule has 1 unspecified atom stereocenters. The molecule has 1 saturated heterocycles. The maximum atomic E-state index is 13.2. The van der Waals surface area contributed by atoms with E-state index in [0.29, 0.717) is 17.2 Å². The first-order chi connectivity index (χ1) is 17.6. The summed E-state index contributed by atoms with van der Waals surface area (Å²) in [6.45, 7) is 4.63. The maximum Gasteiger partial charge on any atom is 0.255 e. The summed E-state index contributed by atoms with van der Waals surface area (Å²) in [5.74, 6) is 1.01. The Balaban J connectivity index is 1.29. The van der Waals surface area contributed by atoms with E-state index >= 15 is 0 Å². The van der Waals surface area contributed by atoms with Crippen LogP contribution in [0.3, 0.4) is 0 Å². The minimum atomic E-state index is -0.119. The summed E-state index contributed by atoms with van der Waals surface area (Å²) in [5.41, 5.74) is 4.10. The molecule has 1 fully saturated rings. The molecular weight excluding hydrogens is 452 g/mol. The lowest BCUT2D eigenvalue weighted by atomic mass is 10.0. The summed E-state index contributed by atoms with van der Waals surface area (Å²) >= 11 is 0. The van der Waals surface area contributed by atoms with E-state index in [9.17, 15) is 4.79 Å². The predicted molar refractivity (Wildman–Crippen MR) is 138 cm³/mol. The Kier molecular flexibility index (Phi) is 7.04. The molecule has 2 aromatic heterocycles. The van der Waals surface area contributed by atoms with E-state index in [1.54, 1.807) is 24.2 Å². The number of piperidine rings is 1. The zero-order valence-electron chi connectivity index (χ0n) is 20.6. The fourth-order valence-corrected chi connectivity index (χ4v) is 4.71. The van der Waals surface area contributed by atoms with Gasteiger partial charge in [-0.15, -0.1) is 0 Å². The molecule has 3 heterocycles. The van der Waals surface area contributed by atoms with Crippen molar-refractivity contribution in [2.24, 2.45) is 0 Å². The average Bonchev–Trinajstić information content (AvgIpc) is 3.31. The summed E-state index contributed by atoms with van der Waals surface area (Å²) < 4.78 is 7.09. The molecular formula is C28H30N6O2. The van der Waals surface area contributed by atoms with E-state index in [0.717, 1.165) is 49.5 Å². The highest BCUT2D eigenvalue weighted by Gasteiger charge is 2.24. The first-order valence-electron chi connectivity index (χ1n) is 12.2. The fourth-order valence-electron chi connectivity index (χ4n) is 4.71. The van der Waals surface area contributed by atoms with Crippen LogP contribution in [0, 0.1) is 6.92 Å². The predicted octanol–water partition coefficient (Wildman–Crippen LogP) is 4.04. The normalized spacial score (nSPS) is 16.0. The van der Waals surface area contributed by atoms with Crippen molar-refractivity contribution in [2.45, 2.75) is 32.4 Å². The summed E-state index contributed by atoms with van der Waals surface area (Å²) in [7, 11) is 1.64. The van der Waals surface area contributed by atoms with Crippen molar-refractivity contribution in [1.82, 2.24) is 30.0 Å². The Hall–Kier alpha value is -4.04. The summed E-state index contributed by atoms with van der Waals surface area (Å²) in [6.07, 6.45) is 5.30. The van der Waals surface area contributed by atoms with Gasteiger partial charge in [0.25, 0.3) is 11.9 Å². The van der Waals surface area contributed by atoms with E-state index in [1.165, 1.54) is 5.56 Å². The summed E-state index contributed by atoms with van der Waals surface area (Å²) in [5, 5.41) is 7.66. The Bertz CT molecular complexity index is 1340. The van der Waals surface area contributed by atoms with Crippen molar-refractivity contribution in [1.29, 1.82) is 0 Å². The first kappa shape index (κ1) is 23.7. The Morgan fingerprint density at radius 2 is 1.92 bits per heavy atom. The van der Waals surface area contributed by atoms with Crippen LogP contribution in [0.15, 0.2) is 73.1 Å². The van der Waals surface area contributed by atoms with Crippen molar-refractivity contribution in [3.8, 4) is 23.0 Å². The number of rotatable bonds is 7. The van der Waals surface area contributed by atoms with Gasteiger partial charge in [0.15, 0.2) is 0 Å². The van der Waals surface area contributed by atoms with Crippen LogP contribution in [0.2, 0.25) is 0 Å². The van der Waals surface area contributed by atoms with Crippen molar-refractivity contribution in [3.63, 3.8) is 0 Å². The van der Waals surface area contributed by atoms with Crippen LogP contribution in [-0.2, 0) is 6.54 Å². The van der Waals surface area contributed by atoms with Crippen LogP contribution in [0.5, 0.6) is 5.75 Å². The molecule has 1 amide bonds. The third-order valence-electron chi connectivity index (χ3n) is 6.56. The van der Waals surface area contributed by atoms with E-state index in [-0.39, 0.29) is 11.9 Å². The van der Waals surface area contributed by atoms with Crippen molar-refractivity contribution >= 4 is 5.91 Å². The lowest BCUT2D eigenvalue weighted by molar-refractivity contribution is 0.0900. The molecule has 1 atom stereocenters. The lowest BCUT2D eigenvalue weighted by Gasteiger charge is -2.33. The van der Waals surface area contributed by atoms with E-state index in [2.05, 4.69) is 44.6 Å². The van der Waals surface area contributed by atoms with Crippen LogP contribution in [-0.4, -0.2) is 56.8 Å². The molecule has 184 valence electrons. The molecule has 0 spiro atoms. The monoisotopic (exact) mass is 482 g/mol. The number of hydrogen-bond acceptors (Lipinski definition) is 6. The average molecular weight is 483 g/mol. The highest BCUT2D eigenvalue weighted by atomic mass is 16.5. The third kappa shape index (κ3) is 5.13. The molecule has 1 aliphatic heterocycles. The van der Waals surface area contributed by atoms with Gasteiger partial charge in [-0.05, 0) is 50.1 Å². The van der Waals surface area contributed by atoms with Crippen molar-refractivity contribution in [3.05, 3.63) is 89.9 Å². The SMILES string of the molecule is COc1ccccc1-c1ccnc(-n2ncc(C(=O)NC3CCCN(Cc4ccccc4)C3)c2C)n1. The van der Waals surface area contributed by atoms with Gasteiger partial charge in [0.1, 0.15) is 5.75 Å². The number of hydrogen-bond donors (Lipinski definition) is 1. The molecule has 1 N–H and O–H groups in total. The Morgan fingerprint density at radius 1 is 1.11 bits per heavy atom. The molecule has 2 aromatic carbocycles. The zero-order chi connectivity index (χ0) is 24.9. The molecule has 5 rings (SSSR count). The molecule has 0 bridgehead atoms. The highest BCUT2D eigenvalue weighted by molar-refractivity contribution is 5.95. The fraction of sp³-hybridized carbons (Fsp3) is 0.286. The number of likely N-dealkylation sites (tertiary alicyclic amines) is 1. The van der Waals surface area contributed by atoms with Gasteiger partial charge in [0.05, 0.1) is 30.3 Å². The number of nitrogens with zero attached hydrogens (tertiary/aromatic N) is 5. The van der Waals surface area contributed by atoms with Crippen LogP contribution >= 0.6 is 0 Å². The number of methoxy groups -OCH3 is 1. The molecule has 4 aromatic rings. The van der Waals surface area contributed by atoms with E-state index in [4.69, 9.17) is 9.72 Å². The minimum absolute atomic E-state index is 0.0998. The number of carbonyl (C=O) groups excluding carboxylic acids is 1. The molecule has 36 heavy (non-hydrogen) atoms. The first-order valence-corrected chi connectivity index (χ1v) is 12.2. The van der Waals surface area contributed by atoms with Gasteiger partial charge in [-0.3, -0.25) is 9.69 Å². The zero-order valence-corrected chi connectivity index (χ0v) is 20.6. The van der Waals surface area contributed by atoms with Gasteiger partial charge in [-0.25, -0.2) is 14.6 Å². The molecule has 0 aliphatic carbocycles. The van der Waals surface area contributed by atoms with Gasteiger partial charge >= 0.3 is 0 Å². The number of nitrogens with one attached hydrogen (secondary N) is 1. The number of para-hydroxylation sites is 1. The molecule has 0 saturated carbocycles. The number of aromatic nitrogens is 4. The topological polar surface area (TPSA) is 85.2 Å². The van der Waals surface area contributed by atoms with Crippen LogP contribution in [0.25, 0.3) is 17.2 Å².